The molecule has 1 aromatic heterocycles. The summed E-state index contributed by atoms with van der Waals surface area (Å²) in [6.07, 6.45) is -4.55. The summed E-state index contributed by atoms with van der Waals surface area (Å²) in [5, 5.41) is 13.3. The number of nitrogens with one attached hydrogen (secondary N) is 1. The van der Waals surface area contributed by atoms with Gasteiger partial charge >= 0.3 is 6.18 Å². The van der Waals surface area contributed by atoms with E-state index in [2.05, 4.69) is 10.3 Å². The molecule has 186 valence electrons. The molecule has 0 saturated heterocycles. The van der Waals surface area contributed by atoms with Crippen molar-refractivity contribution in [1.82, 2.24) is 9.71 Å². The second kappa shape index (κ2) is 9.41. The van der Waals surface area contributed by atoms with Crippen LogP contribution in [0.2, 0.25) is 0 Å². The van der Waals surface area contributed by atoms with Crippen molar-refractivity contribution in [2.75, 3.05) is 12.4 Å². The predicted octanol–water partition coefficient (Wildman–Crippen LogP) is 6.66. The lowest BCUT2D eigenvalue weighted by Crippen LogP contribution is -2.18. The van der Waals surface area contributed by atoms with Crippen molar-refractivity contribution >= 4 is 11.6 Å². The molecular formula is C27H24F3N3O3. The summed E-state index contributed by atoms with van der Waals surface area (Å²) in [5.41, 5.74) is 3.44. The summed E-state index contributed by atoms with van der Waals surface area (Å²) in [4.78, 5) is 17.3. The van der Waals surface area contributed by atoms with Crippen LogP contribution in [0.5, 0.6) is 5.75 Å². The Hall–Kier alpha value is -4.27. The number of imidazole rings is 1. The Labute approximate surface area is 206 Å². The SMILES string of the molecule is COc1ccc(-c2nc(C)c(C(=O)Nc3cccc(C(F)(F)F)c3)n2O)cc1-c1c(C)cccc1C. The van der Waals surface area contributed by atoms with Crippen LogP contribution in [0.1, 0.15) is 32.9 Å². The molecule has 0 spiro atoms. The summed E-state index contributed by atoms with van der Waals surface area (Å²) in [7, 11) is 1.57. The Bertz CT molecular complexity index is 1440. The number of hydrogen-bond donors (Lipinski definition) is 2. The lowest BCUT2D eigenvalue weighted by Gasteiger charge is -2.15. The van der Waals surface area contributed by atoms with Gasteiger partial charge in [0.05, 0.1) is 18.4 Å². The van der Waals surface area contributed by atoms with Gasteiger partial charge in [0, 0.05) is 16.8 Å². The van der Waals surface area contributed by atoms with Gasteiger partial charge in [-0.15, -0.1) is 0 Å². The molecule has 0 saturated carbocycles. The van der Waals surface area contributed by atoms with Crippen LogP contribution in [0.3, 0.4) is 0 Å². The molecule has 0 fully saturated rings. The molecule has 1 heterocycles. The van der Waals surface area contributed by atoms with Crippen molar-refractivity contribution in [3.63, 3.8) is 0 Å². The standard InChI is InChI=1S/C27H24F3N3O3/c1-15-7-5-8-16(2)23(15)21-13-18(11-12-22(21)36-4)25-31-17(3)24(33(25)35)26(34)32-20-10-6-9-19(14-20)27(28,29)30/h5-14,35H,1-4H3,(H,32,34). The number of carbonyl (C=O) groups is 1. The van der Waals surface area contributed by atoms with Gasteiger partial charge in [0.2, 0.25) is 0 Å². The normalized spacial score (nSPS) is 11.4. The molecule has 3 aromatic carbocycles. The maximum absolute atomic E-state index is 13.0. The number of nitrogens with zero attached hydrogens (tertiary/aromatic N) is 2. The molecule has 0 aliphatic rings. The topological polar surface area (TPSA) is 76.4 Å². The van der Waals surface area contributed by atoms with E-state index in [9.17, 15) is 23.2 Å². The first kappa shape index (κ1) is 24.8. The second-order valence-corrected chi connectivity index (χ2v) is 8.40. The average Bonchev–Trinajstić information content (AvgIpc) is 3.12. The minimum absolute atomic E-state index is 0.0567. The van der Waals surface area contributed by atoms with E-state index < -0.39 is 17.6 Å². The number of anilines is 1. The van der Waals surface area contributed by atoms with Crippen molar-refractivity contribution in [3.8, 4) is 28.3 Å². The Kier molecular flexibility index (Phi) is 6.49. The van der Waals surface area contributed by atoms with Crippen LogP contribution in [-0.4, -0.2) is 27.9 Å². The number of aryl methyl sites for hydroxylation is 3. The van der Waals surface area contributed by atoms with Gasteiger partial charge < -0.3 is 15.3 Å². The summed E-state index contributed by atoms with van der Waals surface area (Å²) < 4.78 is 45.3. The lowest BCUT2D eigenvalue weighted by atomic mass is 9.93. The molecule has 36 heavy (non-hydrogen) atoms. The highest BCUT2D eigenvalue weighted by molar-refractivity contribution is 6.04. The van der Waals surface area contributed by atoms with Gasteiger partial charge in [-0.3, -0.25) is 4.79 Å². The fourth-order valence-electron chi connectivity index (χ4n) is 4.21. The average molecular weight is 496 g/mol. The van der Waals surface area contributed by atoms with Gasteiger partial charge in [-0.2, -0.15) is 17.9 Å². The van der Waals surface area contributed by atoms with Gasteiger partial charge in [-0.25, -0.2) is 4.98 Å². The molecule has 1 amide bonds. The van der Waals surface area contributed by atoms with Crippen molar-refractivity contribution < 1.29 is 27.9 Å². The van der Waals surface area contributed by atoms with Crippen LogP contribution in [0.4, 0.5) is 18.9 Å². The maximum Gasteiger partial charge on any atom is 0.416 e. The van der Waals surface area contributed by atoms with E-state index in [4.69, 9.17) is 4.74 Å². The van der Waals surface area contributed by atoms with Gasteiger partial charge in [0.1, 0.15) is 5.75 Å². The molecule has 2 N–H and O–H groups in total. The third-order valence-electron chi connectivity index (χ3n) is 5.90. The number of ether oxygens (including phenoxy) is 1. The van der Waals surface area contributed by atoms with Gasteiger partial charge in [0.25, 0.3) is 5.91 Å². The molecule has 0 radical (unpaired) electrons. The summed E-state index contributed by atoms with van der Waals surface area (Å²) in [5.74, 6) is -0.0557. The molecule has 9 heteroatoms. The van der Waals surface area contributed by atoms with E-state index in [0.717, 1.165) is 34.4 Å². The van der Waals surface area contributed by atoms with Crippen LogP contribution in [0.25, 0.3) is 22.5 Å². The number of benzene rings is 3. The van der Waals surface area contributed by atoms with Gasteiger partial charge in [-0.05, 0) is 73.9 Å². The molecule has 0 atom stereocenters. The molecule has 4 aromatic rings. The van der Waals surface area contributed by atoms with E-state index in [1.165, 1.54) is 19.1 Å². The Morgan fingerprint density at radius 2 is 1.67 bits per heavy atom. The van der Waals surface area contributed by atoms with E-state index in [0.29, 0.717) is 16.0 Å². The molecule has 4 rings (SSSR count). The zero-order valence-electron chi connectivity index (χ0n) is 20.1. The molecule has 0 aliphatic carbocycles. The molecular weight excluding hydrogens is 471 g/mol. The number of rotatable bonds is 5. The summed E-state index contributed by atoms with van der Waals surface area (Å²) in [6, 6.07) is 15.5. The van der Waals surface area contributed by atoms with Crippen molar-refractivity contribution in [1.29, 1.82) is 0 Å². The summed E-state index contributed by atoms with van der Waals surface area (Å²) >= 11 is 0. The van der Waals surface area contributed by atoms with Crippen LogP contribution in [-0.2, 0) is 6.18 Å². The first-order valence-corrected chi connectivity index (χ1v) is 11.0. The van der Waals surface area contributed by atoms with Crippen LogP contribution < -0.4 is 10.1 Å². The number of carbonyl (C=O) groups excluding carboxylic acids is 1. The van der Waals surface area contributed by atoms with Crippen molar-refractivity contribution in [2.24, 2.45) is 0 Å². The Balaban J connectivity index is 1.73. The van der Waals surface area contributed by atoms with Crippen molar-refractivity contribution in [3.05, 3.63) is 88.7 Å². The van der Waals surface area contributed by atoms with Gasteiger partial charge in [0.15, 0.2) is 11.5 Å². The third kappa shape index (κ3) is 4.64. The van der Waals surface area contributed by atoms with Crippen molar-refractivity contribution in [2.45, 2.75) is 26.9 Å². The number of aromatic nitrogens is 2. The van der Waals surface area contributed by atoms with Crippen LogP contribution >= 0.6 is 0 Å². The maximum atomic E-state index is 13.0. The molecule has 0 unspecified atom stereocenters. The van der Waals surface area contributed by atoms with Gasteiger partial charge in [-0.1, -0.05) is 24.3 Å². The zero-order valence-corrected chi connectivity index (χ0v) is 20.1. The molecule has 0 aliphatic heterocycles. The largest absolute Gasteiger partial charge is 0.496 e. The van der Waals surface area contributed by atoms with E-state index >= 15 is 0 Å². The Morgan fingerprint density at radius 1 is 1.00 bits per heavy atom. The smallest absolute Gasteiger partial charge is 0.416 e. The zero-order chi connectivity index (χ0) is 26.2. The highest BCUT2D eigenvalue weighted by Crippen LogP contribution is 2.38. The number of halogens is 3. The second-order valence-electron chi connectivity index (χ2n) is 8.40. The first-order chi connectivity index (χ1) is 17.0. The fourth-order valence-corrected chi connectivity index (χ4v) is 4.21. The highest BCUT2D eigenvalue weighted by atomic mass is 19.4. The van der Waals surface area contributed by atoms with Crippen LogP contribution in [0.15, 0.2) is 60.7 Å². The minimum atomic E-state index is -4.55. The number of alkyl halides is 3. The fraction of sp³-hybridized carbons (Fsp3) is 0.185. The lowest BCUT2D eigenvalue weighted by molar-refractivity contribution is -0.137. The number of methoxy groups -OCH3 is 1. The van der Waals surface area contributed by atoms with E-state index in [1.54, 1.807) is 19.2 Å². The highest BCUT2D eigenvalue weighted by Gasteiger charge is 2.31. The van der Waals surface area contributed by atoms with E-state index in [1.807, 2.05) is 38.1 Å². The minimum Gasteiger partial charge on any atom is -0.496 e. The third-order valence-corrected chi connectivity index (χ3v) is 5.90. The molecule has 6 nitrogen and oxygen atoms in total. The monoisotopic (exact) mass is 495 g/mol. The number of amides is 1. The van der Waals surface area contributed by atoms with E-state index in [-0.39, 0.29) is 22.9 Å². The predicted molar refractivity (Wildman–Crippen MR) is 130 cm³/mol. The molecule has 0 bridgehead atoms. The quantitative estimate of drug-likeness (QED) is 0.304. The summed E-state index contributed by atoms with van der Waals surface area (Å²) in [6.45, 7) is 5.51. The van der Waals surface area contributed by atoms with Crippen LogP contribution in [0, 0.1) is 20.8 Å². The first-order valence-electron chi connectivity index (χ1n) is 11.0. The number of hydrogen-bond acceptors (Lipinski definition) is 4. The Morgan fingerprint density at radius 3 is 2.31 bits per heavy atom.